The van der Waals surface area contributed by atoms with Crippen molar-refractivity contribution in [2.75, 3.05) is 18.6 Å². The molecule has 2 heterocycles. The Labute approximate surface area is 271 Å². The van der Waals surface area contributed by atoms with E-state index in [2.05, 4.69) is 4.74 Å². The van der Waals surface area contributed by atoms with Crippen LogP contribution < -0.4 is 9.64 Å². The van der Waals surface area contributed by atoms with Crippen molar-refractivity contribution in [1.29, 1.82) is 0 Å². The van der Waals surface area contributed by atoms with Crippen molar-refractivity contribution < 1.29 is 60.5 Å². The monoisotopic (exact) mass is 702 g/mol. The molecule has 0 unspecified atom stereocenters. The molecule has 2 saturated heterocycles. The number of fused-ring (bicyclic) bond motifs is 4. The van der Waals surface area contributed by atoms with E-state index in [4.69, 9.17) is 27.9 Å². The Hall–Kier alpha value is -4.24. The van der Waals surface area contributed by atoms with Gasteiger partial charge in [0.25, 0.3) is 11.8 Å². The van der Waals surface area contributed by atoms with E-state index in [-0.39, 0.29) is 39.7 Å². The van der Waals surface area contributed by atoms with Gasteiger partial charge in [-0.2, -0.15) is 4.90 Å². The summed E-state index contributed by atoms with van der Waals surface area (Å²) in [5, 5.41) is 11.3. The lowest BCUT2D eigenvalue weighted by molar-refractivity contribution is -0.138. The number of rotatable bonds is 4. The highest BCUT2D eigenvalue weighted by molar-refractivity contribution is 6.58. The van der Waals surface area contributed by atoms with Crippen LogP contribution in [0.4, 0.5) is 32.4 Å². The second-order valence-electron chi connectivity index (χ2n) is 11.3. The summed E-state index contributed by atoms with van der Waals surface area (Å²) >= 11 is 14.0. The zero-order valence-electron chi connectivity index (χ0n) is 24.1. The van der Waals surface area contributed by atoms with E-state index < -0.39 is 110 Å². The molecule has 2 aliphatic carbocycles. The lowest BCUT2D eigenvalue weighted by Crippen LogP contribution is -2.60. The molecule has 1 saturated carbocycles. The van der Waals surface area contributed by atoms with E-state index in [9.17, 15) is 42.3 Å². The first-order valence-corrected chi connectivity index (χ1v) is 14.7. The average molecular weight is 703 g/mol. The molecule has 3 fully saturated rings. The molecule has 10 nitrogen and oxygen atoms in total. The van der Waals surface area contributed by atoms with Crippen LogP contribution in [0.1, 0.15) is 31.2 Å². The van der Waals surface area contributed by atoms with Crippen LogP contribution in [-0.2, 0) is 23.9 Å². The van der Waals surface area contributed by atoms with E-state index in [0.29, 0.717) is 0 Å². The zero-order valence-corrected chi connectivity index (χ0v) is 25.6. The number of ether oxygens (including phenoxy) is 2. The van der Waals surface area contributed by atoms with Gasteiger partial charge in [0, 0.05) is 11.5 Å². The number of methoxy groups -OCH3 is 1. The number of amides is 5. The molecular weight excluding hydrogens is 682 g/mol. The van der Waals surface area contributed by atoms with Crippen LogP contribution in [0.3, 0.4) is 0 Å². The molecule has 5 amide bonds. The number of carbonyl (C=O) groups excluding carboxylic acids is 5. The van der Waals surface area contributed by atoms with Crippen LogP contribution in [0.2, 0.25) is 0 Å². The number of halogens is 7. The number of para-hydroxylation sites is 1. The molecule has 0 bridgehead atoms. The van der Waals surface area contributed by atoms with Gasteiger partial charge < -0.3 is 14.6 Å². The summed E-state index contributed by atoms with van der Waals surface area (Å²) in [5.41, 5.74) is -2.07. The fourth-order valence-corrected chi connectivity index (χ4v) is 8.15. The number of hydrogen-bond acceptors (Lipinski definition) is 8. The second-order valence-corrected chi connectivity index (χ2v) is 12.5. The Morgan fingerprint density at radius 2 is 1.57 bits per heavy atom. The molecule has 2 aromatic carbocycles. The maximum absolute atomic E-state index is 15.1. The maximum Gasteiger partial charge on any atom is 0.423 e. The van der Waals surface area contributed by atoms with Crippen molar-refractivity contribution in [3.8, 4) is 11.5 Å². The highest BCUT2D eigenvalue weighted by Gasteiger charge is 2.77. The van der Waals surface area contributed by atoms with Crippen molar-refractivity contribution in [3.63, 3.8) is 0 Å². The Balaban J connectivity index is 1.62. The van der Waals surface area contributed by atoms with Gasteiger partial charge in [0.1, 0.15) is 5.69 Å². The summed E-state index contributed by atoms with van der Waals surface area (Å²) in [6, 6.07) is 3.98. The number of hydrogen-bond donors (Lipinski definition) is 1. The molecule has 6 rings (SSSR count). The van der Waals surface area contributed by atoms with E-state index in [1.54, 1.807) is 6.92 Å². The zero-order chi connectivity index (χ0) is 34.5. The standard InChI is InChI=1S/C30H21Cl2F5N2O8/c1-3-47-14-6-4-5-12(23(14)40)16-10-7-8-11-15(25(42)39(24(11)41)28(45)46-2)13(10)9-29(31)26(43)38(27(44)30(16,29)32)22-20(36)18(34)17(33)19(35)21(22)37/h4-7,11,13,15-16,40H,3,8-9H2,1-2H3/t11-,13+,15-,16+,29+,30-/m0/s1. The summed E-state index contributed by atoms with van der Waals surface area (Å²) in [4.78, 5) is 61.9. The molecule has 47 heavy (non-hydrogen) atoms. The Kier molecular flexibility index (Phi) is 7.59. The number of phenolic OH excluding ortho intramolecular Hbond substituents is 1. The van der Waals surface area contributed by atoms with Gasteiger partial charge in [-0.15, -0.1) is 23.2 Å². The van der Waals surface area contributed by atoms with Gasteiger partial charge in [0.05, 0.1) is 25.6 Å². The van der Waals surface area contributed by atoms with Crippen molar-refractivity contribution in [2.24, 2.45) is 17.8 Å². The molecule has 0 radical (unpaired) electrons. The molecule has 17 heteroatoms. The minimum Gasteiger partial charge on any atom is -0.504 e. The van der Waals surface area contributed by atoms with E-state index in [0.717, 1.165) is 7.11 Å². The fourth-order valence-electron chi connectivity index (χ4n) is 7.23. The number of alkyl halides is 2. The van der Waals surface area contributed by atoms with Crippen LogP contribution in [-0.4, -0.2) is 63.2 Å². The predicted molar refractivity (Wildman–Crippen MR) is 150 cm³/mol. The molecule has 248 valence electrons. The van der Waals surface area contributed by atoms with Gasteiger partial charge in [-0.3, -0.25) is 19.2 Å². The molecule has 1 N–H and O–H groups in total. The number of aromatic hydroxyl groups is 1. The number of allylic oxidation sites excluding steroid dienone is 2. The summed E-state index contributed by atoms with van der Waals surface area (Å²) in [6.07, 6.45) is -0.864. The van der Waals surface area contributed by atoms with Gasteiger partial charge in [0.15, 0.2) is 44.5 Å². The molecule has 4 aliphatic rings. The van der Waals surface area contributed by atoms with Crippen molar-refractivity contribution in [3.05, 3.63) is 64.5 Å². The van der Waals surface area contributed by atoms with Gasteiger partial charge in [-0.05, 0) is 31.7 Å². The molecule has 2 aromatic rings. The maximum atomic E-state index is 15.1. The Morgan fingerprint density at radius 1 is 0.957 bits per heavy atom. The van der Waals surface area contributed by atoms with Crippen molar-refractivity contribution >= 4 is 58.6 Å². The first kappa shape index (κ1) is 32.7. The lowest BCUT2D eigenvalue weighted by atomic mass is 9.56. The highest BCUT2D eigenvalue weighted by atomic mass is 35.5. The number of phenols is 1. The minimum absolute atomic E-state index is 0.0492. The predicted octanol–water partition coefficient (Wildman–Crippen LogP) is 4.82. The SMILES string of the molecule is CCOc1cccc([C@H]2C3=CC[C@@H]4C(=O)N(C(=O)OC)C(=O)[C@@H]4[C@@H]3C[C@@]3(Cl)C(=O)N(c4c(F)c(F)c(F)c(F)c4F)C(=O)[C@@]23Cl)c1O. The summed E-state index contributed by atoms with van der Waals surface area (Å²) < 4.78 is 82.9. The summed E-state index contributed by atoms with van der Waals surface area (Å²) in [6.45, 7) is 1.64. The molecule has 2 aliphatic heterocycles. The van der Waals surface area contributed by atoms with E-state index in [1.807, 2.05) is 0 Å². The third-order valence-corrected chi connectivity index (χ3v) is 10.6. The number of benzene rings is 2. The number of imide groups is 4. The fraction of sp³-hybridized carbons (Fsp3) is 0.367. The smallest absolute Gasteiger partial charge is 0.423 e. The molecule has 6 atom stereocenters. The first-order valence-electron chi connectivity index (χ1n) is 14.0. The Morgan fingerprint density at radius 3 is 2.17 bits per heavy atom. The number of carbonyl (C=O) groups is 5. The second kappa shape index (κ2) is 10.9. The van der Waals surface area contributed by atoms with Gasteiger partial charge in [0.2, 0.25) is 17.6 Å². The number of nitrogens with zero attached hydrogens (tertiary/aromatic N) is 2. The van der Waals surface area contributed by atoms with Crippen LogP contribution in [0.15, 0.2) is 29.8 Å². The minimum atomic E-state index is -2.84. The van der Waals surface area contributed by atoms with Crippen LogP contribution >= 0.6 is 23.2 Å². The van der Waals surface area contributed by atoms with Crippen LogP contribution in [0, 0.1) is 46.8 Å². The summed E-state index contributed by atoms with van der Waals surface area (Å²) in [7, 11) is 0.936. The highest BCUT2D eigenvalue weighted by Crippen LogP contribution is 2.67. The normalized spacial score (nSPS) is 29.9. The van der Waals surface area contributed by atoms with Crippen LogP contribution in [0.25, 0.3) is 0 Å². The number of anilines is 1. The van der Waals surface area contributed by atoms with E-state index in [1.165, 1.54) is 24.3 Å². The topological polar surface area (TPSA) is 131 Å². The van der Waals surface area contributed by atoms with Crippen LogP contribution in [0.5, 0.6) is 11.5 Å². The molecule has 0 aromatic heterocycles. The first-order chi connectivity index (χ1) is 22.1. The largest absolute Gasteiger partial charge is 0.504 e. The van der Waals surface area contributed by atoms with Crippen molar-refractivity contribution in [2.45, 2.75) is 35.4 Å². The third-order valence-electron chi connectivity index (χ3n) is 9.22. The third kappa shape index (κ3) is 4.04. The number of likely N-dealkylation sites (tertiary alicyclic amines) is 1. The average Bonchev–Trinajstić information content (AvgIpc) is 3.38. The lowest BCUT2D eigenvalue weighted by Gasteiger charge is -2.50. The molecule has 0 spiro atoms. The van der Waals surface area contributed by atoms with Gasteiger partial charge in [-0.25, -0.2) is 31.6 Å². The summed E-state index contributed by atoms with van der Waals surface area (Å²) in [5.74, 6) is -24.2. The van der Waals surface area contributed by atoms with E-state index >= 15 is 8.78 Å². The van der Waals surface area contributed by atoms with Gasteiger partial charge in [-0.1, -0.05) is 23.8 Å². The van der Waals surface area contributed by atoms with Crippen molar-refractivity contribution in [1.82, 2.24) is 4.90 Å². The quantitative estimate of drug-likeness (QED) is 0.120. The Bertz CT molecular complexity index is 1830. The molecular formula is C30H21Cl2F5N2O8. The van der Waals surface area contributed by atoms with Gasteiger partial charge >= 0.3 is 6.09 Å².